The van der Waals surface area contributed by atoms with E-state index >= 15 is 0 Å². The molecule has 9 heteroatoms. The largest absolute Gasteiger partial charge is 0.389 e. The molecule has 3 atom stereocenters. The monoisotopic (exact) mass is 389 g/mol. The molecule has 0 radical (unpaired) electrons. The summed E-state index contributed by atoms with van der Waals surface area (Å²) in [5.41, 5.74) is 0.747. The van der Waals surface area contributed by atoms with E-state index in [4.69, 9.17) is 0 Å². The molecule has 144 valence electrons. The number of carbonyl (C=O) groups excluding carboxylic acids is 2. The number of fused-ring (bicyclic) bond motifs is 2. The van der Waals surface area contributed by atoms with Crippen LogP contribution in [-0.4, -0.2) is 47.0 Å². The van der Waals surface area contributed by atoms with Crippen LogP contribution >= 0.6 is 11.3 Å². The Bertz CT molecular complexity index is 662. The van der Waals surface area contributed by atoms with Crippen molar-refractivity contribution in [3.05, 3.63) is 16.1 Å². The summed E-state index contributed by atoms with van der Waals surface area (Å²) >= 11 is 1.50. The zero-order chi connectivity index (χ0) is 18.9. The van der Waals surface area contributed by atoms with Gasteiger partial charge >= 0.3 is 6.18 Å². The second-order valence-electron chi connectivity index (χ2n) is 7.14. The van der Waals surface area contributed by atoms with Gasteiger partial charge in [-0.1, -0.05) is 0 Å². The summed E-state index contributed by atoms with van der Waals surface area (Å²) in [5, 5.41) is 5.84. The maximum atomic E-state index is 12.3. The lowest BCUT2D eigenvalue weighted by Crippen LogP contribution is -2.54. The smallest absolute Gasteiger partial charge is 0.352 e. The third-order valence-corrected chi connectivity index (χ3v) is 5.97. The van der Waals surface area contributed by atoms with Gasteiger partial charge in [-0.25, -0.2) is 4.98 Å². The van der Waals surface area contributed by atoms with Gasteiger partial charge in [0.1, 0.15) is 0 Å². The average molecular weight is 389 g/mol. The number of amides is 2. The predicted octanol–water partition coefficient (Wildman–Crippen LogP) is 2.69. The number of thiazole rings is 1. The minimum absolute atomic E-state index is 0.00565. The third kappa shape index (κ3) is 4.75. The number of nitrogens with zero attached hydrogens (tertiary/aromatic N) is 2. The summed E-state index contributed by atoms with van der Waals surface area (Å²) in [6, 6.07) is -0.00565. The first-order chi connectivity index (χ1) is 12.2. The van der Waals surface area contributed by atoms with Crippen molar-refractivity contribution in [2.24, 2.45) is 11.8 Å². The van der Waals surface area contributed by atoms with Crippen LogP contribution in [0, 0.1) is 18.8 Å². The highest BCUT2D eigenvalue weighted by atomic mass is 32.1. The number of aryl methyl sites for hydroxylation is 1. The molecule has 0 aromatic carbocycles. The number of likely N-dealkylation sites (tertiary alicyclic amines) is 1. The maximum Gasteiger partial charge on any atom is 0.389 e. The highest BCUT2D eigenvalue weighted by Gasteiger charge is 2.44. The highest BCUT2D eigenvalue weighted by molar-refractivity contribution is 7.09. The number of alkyl halides is 3. The van der Waals surface area contributed by atoms with Crippen molar-refractivity contribution in [3.63, 3.8) is 0 Å². The quantitative estimate of drug-likeness (QED) is 0.842. The molecule has 2 aliphatic rings. The number of piperidine rings is 1. The van der Waals surface area contributed by atoms with Crippen LogP contribution in [0.2, 0.25) is 0 Å². The van der Waals surface area contributed by atoms with E-state index in [0.717, 1.165) is 23.5 Å². The molecule has 2 heterocycles. The SMILES string of the molecule is Cc1nc(CC(=O)NC2[C@@H]3CC[C@H]2CN(C(=O)CCC(F)(F)F)C3)cs1. The van der Waals surface area contributed by atoms with Crippen molar-refractivity contribution < 1.29 is 22.8 Å². The van der Waals surface area contributed by atoms with Crippen LogP contribution in [0.1, 0.15) is 36.4 Å². The van der Waals surface area contributed by atoms with E-state index in [9.17, 15) is 22.8 Å². The van der Waals surface area contributed by atoms with Gasteiger partial charge in [-0.2, -0.15) is 13.2 Å². The van der Waals surface area contributed by atoms with Gasteiger partial charge in [-0.15, -0.1) is 11.3 Å². The lowest BCUT2D eigenvalue weighted by molar-refractivity contribution is -0.150. The molecular weight excluding hydrogens is 367 g/mol. The van der Waals surface area contributed by atoms with Crippen LogP contribution in [0.25, 0.3) is 0 Å². The molecule has 1 saturated heterocycles. The molecule has 26 heavy (non-hydrogen) atoms. The van der Waals surface area contributed by atoms with Crippen molar-refractivity contribution in [1.82, 2.24) is 15.2 Å². The summed E-state index contributed by atoms with van der Waals surface area (Å²) in [6.45, 7) is 2.74. The zero-order valence-corrected chi connectivity index (χ0v) is 15.3. The lowest BCUT2D eigenvalue weighted by Gasteiger charge is -2.38. The van der Waals surface area contributed by atoms with Crippen LogP contribution in [-0.2, 0) is 16.0 Å². The molecule has 1 unspecified atom stereocenters. The topological polar surface area (TPSA) is 62.3 Å². The minimum Gasteiger partial charge on any atom is -0.352 e. The van der Waals surface area contributed by atoms with Crippen LogP contribution in [0.3, 0.4) is 0 Å². The van der Waals surface area contributed by atoms with E-state index in [0.29, 0.717) is 13.1 Å². The Morgan fingerprint density at radius 3 is 2.50 bits per heavy atom. The molecule has 2 fully saturated rings. The van der Waals surface area contributed by atoms with Gasteiger partial charge in [-0.3, -0.25) is 9.59 Å². The summed E-state index contributed by atoms with van der Waals surface area (Å²) in [4.78, 5) is 30.2. The van der Waals surface area contributed by atoms with Gasteiger partial charge < -0.3 is 10.2 Å². The summed E-state index contributed by atoms with van der Waals surface area (Å²) < 4.78 is 36.9. The molecule has 1 saturated carbocycles. The Kier molecular flexibility index (Phi) is 5.55. The Hall–Kier alpha value is -1.64. The van der Waals surface area contributed by atoms with Gasteiger partial charge in [0.25, 0.3) is 0 Å². The Morgan fingerprint density at radius 2 is 1.96 bits per heavy atom. The number of halogens is 3. The van der Waals surface area contributed by atoms with Crippen molar-refractivity contribution >= 4 is 23.2 Å². The Balaban J connectivity index is 1.52. The van der Waals surface area contributed by atoms with Crippen molar-refractivity contribution in [2.75, 3.05) is 13.1 Å². The van der Waals surface area contributed by atoms with Crippen molar-refractivity contribution in [2.45, 2.75) is 51.2 Å². The fourth-order valence-electron chi connectivity index (χ4n) is 3.96. The van der Waals surface area contributed by atoms with Crippen LogP contribution in [0.4, 0.5) is 13.2 Å². The van der Waals surface area contributed by atoms with Crippen molar-refractivity contribution in [3.8, 4) is 0 Å². The molecule has 1 aliphatic heterocycles. The number of hydrogen-bond acceptors (Lipinski definition) is 4. The second-order valence-corrected chi connectivity index (χ2v) is 8.20. The molecular formula is C17H22F3N3O2S. The standard InChI is InChI=1S/C17H22F3N3O2S/c1-10-21-13(9-26-10)6-14(24)22-16-11-2-3-12(16)8-23(7-11)15(25)4-5-17(18,19)20/h9,11-12,16H,2-8H2,1H3,(H,22,24)/t11-,12+,16?. The van der Waals surface area contributed by atoms with Gasteiger partial charge in [0, 0.05) is 30.9 Å². The molecule has 1 N–H and O–H groups in total. The van der Waals surface area contributed by atoms with Crippen LogP contribution < -0.4 is 5.32 Å². The molecule has 2 amide bonds. The zero-order valence-electron chi connectivity index (χ0n) is 14.5. The highest BCUT2D eigenvalue weighted by Crippen LogP contribution is 2.37. The summed E-state index contributed by atoms with van der Waals surface area (Å²) in [7, 11) is 0. The molecule has 1 aromatic heterocycles. The first kappa shape index (κ1) is 19.1. The number of nitrogens with one attached hydrogen (secondary N) is 1. The molecule has 1 aliphatic carbocycles. The Labute approximate surface area is 154 Å². The second kappa shape index (κ2) is 7.54. The first-order valence-electron chi connectivity index (χ1n) is 8.76. The number of aromatic nitrogens is 1. The van der Waals surface area contributed by atoms with Gasteiger partial charge in [0.05, 0.1) is 23.5 Å². The van der Waals surface area contributed by atoms with Gasteiger partial charge in [-0.05, 0) is 31.6 Å². The summed E-state index contributed by atoms with van der Waals surface area (Å²) in [5.74, 6) is -0.301. The fourth-order valence-corrected chi connectivity index (χ4v) is 4.57. The van der Waals surface area contributed by atoms with E-state index in [1.165, 1.54) is 11.3 Å². The fraction of sp³-hybridized carbons (Fsp3) is 0.706. The first-order valence-corrected chi connectivity index (χ1v) is 9.64. The molecule has 3 rings (SSSR count). The number of rotatable bonds is 5. The maximum absolute atomic E-state index is 12.3. The normalized spacial score (nSPS) is 25.4. The van der Waals surface area contributed by atoms with E-state index in [2.05, 4.69) is 10.3 Å². The number of hydrogen-bond donors (Lipinski definition) is 1. The van der Waals surface area contributed by atoms with Gasteiger partial charge in [0.15, 0.2) is 0 Å². The number of carbonyl (C=O) groups is 2. The predicted molar refractivity (Wildman–Crippen MR) is 90.6 cm³/mol. The molecule has 2 bridgehead atoms. The van der Waals surface area contributed by atoms with E-state index in [-0.39, 0.29) is 30.2 Å². The lowest BCUT2D eigenvalue weighted by atomic mass is 9.91. The molecule has 0 spiro atoms. The van der Waals surface area contributed by atoms with Gasteiger partial charge in [0.2, 0.25) is 11.8 Å². The van der Waals surface area contributed by atoms with Crippen LogP contribution in [0.15, 0.2) is 5.38 Å². The Morgan fingerprint density at radius 1 is 1.31 bits per heavy atom. The summed E-state index contributed by atoms with van der Waals surface area (Å²) in [6.07, 6.45) is -3.89. The van der Waals surface area contributed by atoms with Crippen molar-refractivity contribution in [1.29, 1.82) is 0 Å². The van der Waals surface area contributed by atoms with E-state index < -0.39 is 24.9 Å². The molecule has 1 aromatic rings. The average Bonchev–Trinajstić information content (AvgIpc) is 3.03. The van der Waals surface area contributed by atoms with E-state index in [1.807, 2.05) is 12.3 Å². The third-order valence-electron chi connectivity index (χ3n) is 5.14. The minimum atomic E-state index is -4.31. The van der Waals surface area contributed by atoms with Crippen LogP contribution in [0.5, 0.6) is 0 Å². The molecule has 5 nitrogen and oxygen atoms in total. The van der Waals surface area contributed by atoms with E-state index in [1.54, 1.807) is 4.90 Å².